The molecule has 3 aromatic heterocycles. The Labute approximate surface area is 110 Å². The van der Waals surface area contributed by atoms with Crippen LogP contribution >= 0.6 is 11.5 Å². The van der Waals surface area contributed by atoms with Crippen molar-refractivity contribution in [2.75, 3.05) is 0 Å². The van der Waals surface area contributed by atoms with Crippen molar-refractivity contribution in [3.05, 3.63) is 26.2 Å². The molecule has 8 nitrogen and oxygen atoms in total. The second-order valence-corrected chi connectivity index (χ2v) is 4.59. The molecule has 0 aliphatic carbocycles. The van der Waals surface area contributed by atoms with Crippen molar-refractivity contribution in [1.29, 1.82) is 0 Å². The van der Waals surface area contributed by atoms with Crippen molar-refractivity contribution in [2.24, 2.45) is 0 Å². The minimum Gasteiger partial charge on any atom is -0.331 e. The monoisotopic (exact) mass is 278 g/mol. The SMILES string of the molecule is CCCn1c(=O)[nH]c(=O)c2[nH]c(-c3csnn3)nc21. The fourth-order valence-corrected chi connectivity index (χ4v) is 2.30. The van der Waals surface area contributed by atoms with E-state index in [1.165, 1.54) is 16.1 Å². The molecule has 0 spiro atoms. The molecule has 0 atom stereocenters. The number of aromatic nitrogens is 6. The molecule has 3 rings (SSSR count). The van der Waals surface area contributed by atoms with Gasteiger partial charge >= 0.3 is 5.69 Å². The molecule has 0 bridgehead atoms. The van der Waals surface area contributed by atoms with Gasteiger partial charge < -0.3 is 4.98 Å². The molecule has 0 aliphatic heterocycles. The summed E-state index contributed by atoms with van der Waals surface area (Å²) in [4.78, 5) is 33.0. The lowest BCUT2D eigenvalue weighted by Gasteiger charge is -2.02. The molecule has 0 radical (unpaired) electrons. The number of aromatic amines is 2. The zero-order chi connectivity index (χ0) is 13.4. The minimum atomic E-state index is -0.478. The van der Waals surface area contributed by atoms with Crippen molar-refractivity contribution in [3.8, 4) is 11.5 Å². The van der Waals surface area contributed by atoms with E-state index in [1.54, 1.807) is 5.38 Å². The Hall–Kier alpha value is -2.29. The van der Waals surface area contributed by atoms with Gasteiger partial charge in [-0.3, -0.25) is 14.3 Å². The number of fused-ring (bicyclic) bond motifs is 1. The first-order valence-corrected chi connectivity index (χ1v) is 6.54. The van der Waals surface area contributed by atoms with E-state index < -0.39 is 11.2 Å². The first-order valence-electron chi connectivity index (χ1n) is 5.71. The lowest BCUT2D eigenvalue weighted by Crippen LogP contribution is -2.30. The Kier molecular flexibility index (Phi) is 2.75. The third kappa shape index (κ3) is 1.87. The van der Waals surface area contributed by atoms with Crippen LogP contribution in [-0.4, -0.2) is 29.1 Å². The summed E-state index contributed by atoms with van der Waals surface area (Å²) in [7, 11) is 0. The number of rotatable bonds is 3. The molecule has 2 N–H and O–H groups in total. The van der Waals surface area contributed by atoms with Gasteiger partial charge in [0.05, 0.1) is 0 Å². The van der Waals surface area contributed by atoms with E-state index in [9.17, 15) is 9.59 Å². The summed E-state index contributed by atoms with van der Waals surface area (Å²) in [5.74, 6) is 0.435. The third-order valence-electron chi connectivity index (χ3n) is 2.68. The number of hydrogen-bond acceptors (Lipinski definition) is 6. The van der Waals surface area contributed by atoms with Crippen LogP contribution in [-0.2, 0) is 6.54 Å². The molecule has 98 valence electrons. The van der Waals surface area contributed by atoms with Crippen molar-refractivity contribution in [1.82, 2.24) is 29.1 Å². The lowest BCUT2D eigenvalue weighted by atomic mass is 10.4. The molecule has 9 heteroatoms. The average Bonchev–Trinajstić information content (AvgIpc) is 3.02. The highest BCUT2D eigenvalue weighted by molar-refractivity contribution is 7.03. The van der Waals surface area contributed by atoms with E-state index in [1.807, 2.05) is 6.92 Å². The number of nitrogens with one attached hydrogen (secondary N) is 2. The van der Waals surface area contributed by atoms with Crippen LogP contribution in [0, 0.1) is 0 Å². The molecule has 0 unspecified atom stereocenters. The number of hydrogen-bond donors (Lipinski definition) is 2. The van der Waals surface area contributed by atoms with Gasteiger partial charge in [-0.1, -0.05) is 11.4 Å². The van der Waals surface area contributed by atoms with Gasteiger partial charge in [-0.2, -0.15) is 0 Å². The maximum absolute atomic E-state index is 11.8. The smallest absolute Gasteiger partial charge is 0.330 e. The van der Waals surface area contributed by atoms with Crippen LogP contribution in [0.15, 0.2) is 15.0 Å². The molecule has 0 amide bonds. The van der Waals surface area contributed by atoms with E-state index in [0.29, 0.717) is 23.7 Å². The van der Waals surface area contributed by atoms with Gasteiger partial charge in [0, 0.05) is 11.9 Å². The van der Waals surface area contributed by atoms with Gasteiger partial charge in [-0.15, -0.1) is 5.10 Å². The summed E-state index contributed by atoms with van der Waals surface area (Å²) in [6.45, 7) is 2.44. The van der Waals surface area contributed by atoms with E-state index in [-0.39, 0.29) is 5.52 Å². The quantitative estimate of drug-likeness (QED) is 0.718. The summed E-state index contributed by atoms with van der Waals surface area (Å²) in [6.07, 6.45) is 0.765. The first kappa shape index (κ1) is 11.8. The predicted molar refractivity (Wildman–Crippen MR) is 70.2 cm³/mol. The molecule has 0 fully saturated rings. The van der Waals surface area contributed by atoms with Crippen LogP contribution < -0.4 is 11.2 Å². The van der Waals surface area contributed by atoms with Crippen LogP contribution in [0.2, 0.25) is 0 Å². The minimum absolute atomic E-state index is 0.274. The summed E-state index contributed by atoms with van der Waals surface area (Å²) in [6, 6.07) is 0. The van der Waals surface area contributed by atoms with Crippen molar-refractivity contribution < 1.29 is 0 Å². The van der Waals surface area contributed by atoms with Crippen LogP contribution in [0.1, 0.15) is 13.3 Å². The van der Waals surface area contributed by atoms with Gasteiger partial charge in [0.15, 0.2) is 11.5 Å². The highest BCUT2D eigenvalue weighted by Gasteiger charge is 2.14. The predicted octanol–water partition coefficient (Wildman–Crippen LogP) is 0.341. The molecule has 0 saturated heterocycles. The van der Waals surface area contributed by atoms with Crippen LogP contribution in [0.25, 0.3) is 22.7 Å². The Morgan fingerprint density at radius 1 is 1.37 bits per heavy atom. The Morgan fingerprint density at radius 2 is 2.21 bits per heavy atom. The number of aryl methyl sites for hydroxylation is 1. The molecule has 0 aromatic carbocycles. The van der Waals surface area contributed by atoms with Gasteiger partial charge in [-0.25, -0.2) is 9.78 Å². The maximum Gasteiger partial charge on any atom is 0.330 e. The highest BCUT2D eigenvalue weighted by Crippen LogP contribution is 2.16. The van der Waals surface area contributed by atoms with Gasteiger partial charge in [-0.05, 0) is 18.0 Å². The van der Waals surface area contributed by atoms with Crippen LogP contribution in [0.5, 0.6) is 0 Å². The fourth-order valence-electron chi connectivity index (χ4n) is 1.86. The Morgan fingerprint density at radius 3 is 2.89 bits per heavy atom. The first-order chi connectivity index (χ1) is 9.20. The largest absolute Gasteiger partial charge is 0.331 e. The molecule has 3 heterocycles. The van der Waals surface area contributed by atoms with Gasteiger partial charge in [0.25, 0.3) is 5.56 Å². The zero-order valence-electron chi connectivity index (χ0n) is 10.0. The number of imidazole rings is 1. The van der Waals surface area contributed by atoms with E-state index in [4.69, 9.17) is 0 Å². The second kappa shape index (κ2) is 4.43. The normalized spacial score (nSPS) is 11.2. The average molecular weight is 278 g/mol. The fraction of sp³-hybridized carbons (Fsp3) is 0.300. The van der Waals surface area contributed by atoms with Crippen LogP contribution in [0.3, 0.4) is 0 Å². The molecule has 0 aliphatic rings. The zero-order valence-corrected chi connectivity index (χ0v) is 10.8. The summed E-state index contributed by atoms with van der Waals surface area (Å²) in [5.41, 5.74) is 0.244. The molecular weight excluding hydrogens is 268 g/mol. The summed E-state index contributed by atoms with van der Waals surface area (Å²) >= 11 is 1.19. The molecular formula is C10H10N6O2S. The molecule has 0 saturated carbocycles. The summed E-state index contributed by atoms with van der Waals surface area (Å²) in [5, 5.41) is 5.60. The van der Waals surface area contributed by atoms with Crippen molar-refractivity contribution in [3.63, 3.8) is 0 Å². The topological polar surface area (TPSA) is 109 Å². The van der Waals surface area contributed by atoms with E-state index in [2.05, 4.69) is 24.5 Å². The van der Waals surface area contributed by atoms with Gasteiger partial charge in [0.2, 0.25) is 0 Å². The maximum atomic E-state index is 11.8. The third-order valence-corrected chi connectivity index (χ3v) is 3.19. The molecule has 19 heavy (non-hydrogen) atoms. The van der Waals surface area contributed by atoms with Crippen molar-refractivity contribution in [2.45, 2.75) is 19.9 Å². The van der Waals surface area contributed by atoms with Crippen molar-refractivity contribution >= 4 is 22.7 Å². The van der Waals surface area contributed by atoms with E-state index in [0.717, 1.165) is 6.42 Å². The van der Waals surface area contributed by atoms with Gasteiger partial charge in [0.1, 0.15) is 11.2 Å². The van der Waals surface area contributed by atoms with Crippen LogP contribution in [0.4, 0.5) is 0 Å². The Balaban J connectivity index is 2.32. The van der Waals surface area contributed by atoms with E-state index >= 15 is 0 Å². The standard InChI is InChI=1S/C10H10N6O2S/c1-2-3-16-8-6(9(17)13-10(16)18)11-7(12-8)5-4-19-15-14-5/h4H,2-3H2,1H3,(H,11,12)(H,13,17,18). The summed E-state index contributed by atoms with van der Waals surface area (Å²) < 4.78 is 5.19. The molecule has 3 aromatic rings. The number of nitrogens with zero attached hydrogens (tertiary/aromatic N) is 4. The lowest BCUT2D eigenvalue weighted by molar-refractivity contribution is 0.653. The Bertz CT molecular complexity index is 828. The highest BCUT2D eigenvalue weighted by atomic mass is 32.1. The second-order valence-electron chi connectivity index (χ2n) is 3.99. The number of H-pyrrole nitrogens is 2.